The Hall–Kier alpha value is -1.63. The van der Waals surface area contributed by atoms with Crippen LogP contribution in [0.25, 0.3) is 0 Å². The number of hydrogen-bond acceptors (Lipinski definition) is 1. The standard InChI is InChI=1S/C25H37N/c1-3-5-7-8-9-10-13-22-16-18-23(19-17-22)24(14-6-4-2)21-25-15-11-12-20-26-25/h11-12,15-20,24H,3-10,13-14,21H2,1-2H3. The van der Waals surface area contributed by atoms with Crippen LogP contribution in [-0.2, 0) is 12.8 Å². The maximum atomic E-state index is 4.54. The van der Waals surface area contributed by atoms with Crippen molar-refractivity contribution in [3.05, 3.63) is 65.5 Å². The van der Waals surface area contributed by atoms with E-state index in [9.17, 15) is 0 Å². The third-order valence-corrected chi connectivity index (χ3v) is 5.36. The van der Waals surface area contributed by atoms with Crippen LogP contribution in [0.2, 0.25) is 0 Å². The van der Waals surface area contributed by atoms with E-state index < -0.39 is 0 Å². The van der Waals surface area contributed by atoms with Gasteiger partial charge in [-0.2, -0.15) is 0 Å². The fourth-order valence-corrected chi connectivity index (χ4v) is 3.67. The zero-order chi connectivity index (χ0) is 18.5. The SMILES string of the molecule is CCCCCCCCc1ccc(C(CCCC)Cc2ccccn2)cc1. The Morgan fingerprint density at radius 2 is 1.50 bits per heavy atom. The molecule has 1 heteroatoms. The second-order valence-electron chi connectivity index (χ2n) is 7.62. The van der Waals surface area contributed by atoms with Crippen LogP contribution < -0.4 is 0 Å². The minimum absolute atomic E-state index is 0.591. The highest BCUT2D eigenvalue weighted by Crippen LogP contribution is 2.26. The molecule has 0 aliphatic rings. The molecular weight excluding hydrogens is 314 g/mol. The summed E-state index contributed by atoms with van der Waals surface area (Å²) in [5, 5.41) is 0. The van der Waals surface area contributed by atoms with E-state index in [0.29, 0.717) is 5.92 Å². The minimum atomic E-state index is 0.591. The van der Waals surface area contributed by atoms with Crippen molar-refractivity contribution < 1.29 is 0 Å². The van der Waals surface area contributed by atoms with E-state index >= 15 is 0 Å². The molecule has 0 saturated heterocycles. The average molecular weight is 352 g/mol. The minimum Gasteiger partial charge on any atom is -0.261 e. The third kappa shape index (κ3) is 7.72. The van der Waals surface area contributed by atoms with Crippen molar-refractivity contribution in [1.29, 1.82) is 0 Å². The Balaban J connectivity index is 1.87. The molecule has 26 heavy (non-hydrogen) atoms. The summed E-state index contributed by atoms with van der Waals surface area (Å²) < 4.78 is 0. The van der Waals surface area contributed by atoms with Crippen molar-refractivity contribution in [2.24, 2.45) is 0 Å². The van der Waals surface area contributed by atoms with E-state index in [4.69, 9.17) is 0 Å². The fourth-order valence-electron chi connectivity index (χ4n) is 3.67. The maximum Gasteiger partial charge on any atom is 0.0409 e. The van der Waals surface area contributed by atoms with Crippen LogP contribution in [0.1, 0.15) is 94.4 Å². The summed E-state index contributed by atoms with van der Waals surface area (Å²) in [4.78, 5) is 4.54. The lowest BCUT2D eigenvalue weighted by Gasteiger charge is -2.17. The average Bonchev–Trinajstić information content (AvgIpc) is 2.69. The highest BCUT2D eigenvalue weighted by molar-refractivity contribution is 5.27. The lowest BCUT2D eigenvalue weighted by molar-refractivity contribution is 0.575. The molecule has 2 aromatic rings. The molecule has 0 aliphatic carbocycles. The highest BCUT2D eigenvalue weighted by Gasteiger charge is 2.13. The van der Waals surface area contributed by atoms with Crippen molar-refractivity contribution in [3.63, 3.8) is 0 Å². The fraction of sp³-hybridized carbons (Fsp3) is 0.560. The molecule has 0 bridgehead atoms. The van der Waals surface area contributed by atoms with E-state index in [0.717, 1.165) is 6.42 Å². The smallest absolute Gasteiger partial charge is 0.0409 e. The van der Waals surface area contributed by atoms with Gasteiger partial charge < -0.3 is 0 Å². The van der Waals surface area contributed by atoms with Crippen molar-refractivity contribution in [1.82, 2.24) is 4.98 Å². The van der Waals surface area contributed by atoms with Crippen LogP contribution >= 0.6 is 0 Å². The molecule has 0 radical (unpaired) electrons. The second-order valence-corrected chi connectivity index (χ2v) is 7.62. The molecule has 1 aromatic carbocycles. The molecule has 0 spiro atoms. The van der Waals surface area contributed by atoms with E-state index in [1.165, 1.54) is 81.0 Å². The topological polar surface area (TPSA) is 12.9 Å². The first-order chi connectivity index (χ1) is 12.8. The van der Waals surface area contributed by atoms with Crippen molar-refractivity contribution in [2.75, 3.05) is 0 Å². The van der Waals surface area contributed by atoms with Gasteiger partial charge in [0.05, 0.1) is 0 Å². The van der Waals surface area contributed by atoms with Gasteiger partial charge in [-0.15, -0.1) is 0 Å². The summed E-state index contributed by atoms with van der Waals surface area (Å²) in [6.45, 7) is 4.56. The maximum absolute atomic E-state index is 4.54. The quantitative estimate of drug-likeness (QED) is 0.340. The van der Waals surface area contributed by atoms with Gasteiger partial charge in [0, 0.05) is 11.9 Å². The zero-order valence-corrected chi connectivity index (χ0v) is 16.9. The van der Waals surface area contributed by atoms with Gasteiger partial charge in [0.2, 0.25) is 0 Å². The van der Waals surface area contributed by atoms with Crippen molar-refractivity contribution >= 4 is 0 Å². The molecular formula is C25H37N. The molecule has 1 aromatic heterocycles. The molecule has 0 aliphatic heterocycles. The van der Waals surface area contributed by atoms with Gasteiger partial charge in [0.15, 0.2) is 0 Å². The zero-order valence-electron chi connectivity index (χ0n) is 16.9. The lowest BCUT2D eigenvalue weighted by Crippen LogP contribution is -2.05. The molecule has 0 N–H and O–H groups in total. The third-order valence-electron chi connectivity index (χ3n) is 5.36. The first kappa shape index (κ1) is 20.7. The molecule has 142 valence electrons. The molecule has 0 amide bonds. The van der Waals surface area contributed by atoms with Crippen LogP contribution in [0.3, 0.4) is 0 Å². The van der Waals surface area contributed by atoms with E-state index in [1.807, 2.05) is 12.3 Å². The Bertz CT molecular complexity index is 573. The number of aryl methyl sites for hydroxylation is 1. The summed E-state index contributed by atoms with van der Waals surface area (Å²) in [5.74, 6) is 0.591. The largest absolute Gasteiger partial charge is 0.261 e. The summed E-state index contributed by atoms with van der Waals surface area (Å²) >= 11 is 0. The van der Waals surface area contributed by atoms with Gasteiger partial charge in [0.1, 0.15) is 0 Å². The van der Waals surface area contributed by atoms with Crippen LogP contribution in [0.15, 0.2) is 48.7 Å². The van der Waals surface area contributed by atoms with Crippen LogP contribution in [-0.4, -0.2) is 4.98 Å². The number of aromatic nitrogens is 1. The highest BCUT2D eigenvalue weighted by atomic mass is 14.7. The number of hydrogen-bond donors (Lipinski definition) is 0. The van der Waals surface area contributed by atoms with Crippen LogP contribution in [0.4, 0.5) is 0 Å². The van der Waals surface area contributed by atoms with Gasteiger partial charge in [-0.05, 0) is 54.9 Å². The predicted molar refractivity (Wildman–Crippen MR) is 114 cm³/mol. The number of nitrogens with zero attached hydrogens (tertiary/aromatic N) is 1. The van der Waals surface area contributed by atoms with Gasteiger partial charge in [-0.1, -0.05) is 89.1 Å². The summed E-state index contributed by atoms with van der Waals surface area (Å²) in [5.41, 5.74) is 4.19. The first-order valence-electron chi connectivity index (χ1n) is 10.8. The first-order valence-corrected chi connectivity index (χ1v) is 10.8. The van der Waals surface area contributed by atoms with E-state index in [2.05, 4.69) is 55.2 Å². The Morgan fingerprint density at radius 1 is 0.769 bits per heavy atom. The van der Waals surface area contributed by atoms with E-state index in [-0.39, 0.29) is 0 Å². The normalized spacial score (nSPS) is 12.2. The summed E-state index contributed by atoms with van der Waals surface area (Å²) in [6.07, 6.45) is 16.2. The van der Waals surface area contributed by atoms with Gasteiger partial charge in [0.25, 0.3) is 0 Å². The molecule has 2 rings (SSSR count). The predicted octanol–water partition coefficient (Wildman–Crippen LogP) is 7.50. The Labute approximate surface area is 161 Å². The van der Waals surface area contributed by atoms with Gasteiger partial charge in [-0.25, -0.2) is 0 Å². The number of unbranched alkanes of at least 4 members (excludes halogenated alkanes) is 6. The van der Waals surface area contributed by atoms with Crippen LogP contribution in [0, 0.1) is 0 Å². The summed E-state index contributed by atoms with van der Waals surface area (Å²) in [7, 11) is 0. The lowest BCUT2D eigenvalue weighted by atomic mass is 9.88. The van der Waals surface area contributed by atoms with Crippen molar-refractivity contribution in [3.8, 4) is 0 Å². The summed E-state index contributed by atoms with van der Waals surface area (Å²) in [6, 6.07) is 15.7. The Kier molecular flexibility index (Phi) is 10.1. The van der Waals surface area contributed by atoms with Gasteiger partial charge in [-0.3, -0.25) is 4.98 Å². The van der Waals surface area contributed by atoms with Gasteiger partial charge >= 0.3 is 0 Å². The molecule has 1 heterocycles. The number of rotatable bonds is 13. The second kappa shape index (κ2) is 12.7. The molecule has 0 fully saturated rings. The molecule has 1 atom stereocenters. The number of pyridine rings is 1. The molecule has 1 nitrogen and oxygen atoms in total. The van der Waals surface area contributed by atoms with Crippen LogP contribution in [0.5, 0.6) is 0 Å². The Morgan fingerprint density at radius 3 is 2.19 bits per heavy atom. The molecule has 0 saturated carbocycles. The van der Waals surface area contributed by atoms with E-state index in [1.54, 1.807) is 0 Å². The monoisotopic (exact) mass is 351 g/mol. The molecule has 1 unspecified atom stereocenters. The van der Waals surface area contributed by atoms with Crippen molar-refractivity contribution in [2.45, 2.75) is 90.4 Å². The number of benzene rings is 1.